The highest BCUT2D eigenvalue weighted by atomic mass is 19.1. The lowest BCUT2D eigenvalue weighted by Crippen LogP contribution is -2.10. The maximum atomic E-state index is 13.2. The molecule has 1 aromatic heterocycles. The molecule has 0 radical (unpaired) electrons. The average Bonchev–Trinajstić information content (AvgIpc) is 2.82. The lowest BCUT2D eigenvalue weighted by molar-refractivity contribution is -0.133. The second-order valence-corrected chi connectivity index (χ2v) is 4.47. The Morgan fingerprint density at radius 1 is 1.15 bits per heavy atom. The number of halogens is 1. The van der Waals surface area contributed by atoms with E-state index < -0.39 is 0 Å². The van der Waals surface area contributed by atoms with Crippen molar-refractivity contribution in [3.05, 3.63) is 66.1 Å². The highest BCUT2D eigenvalue weighted by Gasteiger charge is 2.11. The van der Waals surface area contributed by atoms with Crippen LogP contribution in [-0.2, 0) is 11.2 Å². The first-order valence-corrected chi connectivity index (χ1v) is 6.23. The van der Waals surface area contributed by atoms with Crippen LogP contribution in [0.3, 0.4) is 0 Å². The van der Waals surface area contributed by atoms with Gasteiger partial charge in [0.25, 0.3) is 0 Å². The number of fused-ring (bicyclic) bond motifs is 1. The van der Waals surface area contributed by atoms with Crippen LogP contribution in [0.25, 0.3) is 10.9 Å². The predicted octanol–water partition coefficient (Wildman–Crippen LogP) is 3.46. The fourth-order valence-corrected chi connectivity index (χ4v) is 2.11. The van der Waals surface area contributed by atoms with Crippen LogP contribution in [0, 0.1) is 5.82 Å². The first-order chi connectivity index (χ1) is 9.72. The molecule has 3 rings (SSSR count). The summed E-state index contributed by atoms with van der Waals surface area (Å²) in [6, 6.07) is 13.3. The summed E-state index contributed by atoms with van der Waals surface area (Å²) in [7, 11) is 0. The Labute approximate surface area is 115 Å². The zero-order valence-electron chi connectivity index (χ0n) is 10.6. The van der Waals surface area contributed by atoms with Crippen LogP contribution in [0.4, 0.5) is 4.39 Å². The first kappa shape index (κ1) is 12.4. The number of ether oxygens (including phenoxy) is 1. The Morgan fingerprint density at radius 3 is 2.75 bits per heavy atom. The maximum absolute atomic E-state index is 13.2. The number of para-hydroxylation sites is 1. The first-order valence-electron chi connectivity index (χ1n) is 6.23. The summed E-state index contributed by atoms with van der Waals surface area (Å²) >= 11 is 0. The second-order valence-electron chi connectivity index (χ2n) is 4.47. The quantitative estimate of drug-likeness (QED) is 0.584. The SMILES string of the molecule is O=C(Cc1c[nH]c2ccc(F)cc12)Oc1ccccc1. The van der Waals surface area contributed by atoms with E-state index in [1.54, 1.807) is 36.5 Å². The number of aromatic amines is 1. The van der Waals surface area contributed by atoms with Gasteiger partial charge in [-0.15, -0.1) is 0 Å². The number of hydrogen-bond donors (Lipinski definition) is 1. The molecule has 0 aliphatic carbocycles. The largest absolute Gasteiger partial charge is 0.426 e. The third-order valence-corrected chi connectivity index (χ3v) is 3.04. The van der Waals surface area contributed by atoms with Gasteiger partial charge in [-0.1, -0.05) is 18.2 Å². The number of H-pyrrole nitrogens is 1. The van der Waals surface area contributed by atoms with E-state index in [9.17, 15) is 9.18 Å². The number of carbonyl (C=O) groups is 1. The van der Waals surface area contributed by atoms with E-state index in [0.29, 0.717) is 11.1 Å². The highest BCUT2D eigenvalue weighted by molar-refractivity contribution is 5.87. The van der Waals surface area contributed by atoms with Crippen LogP contribution in [0.15, 0.2) is 54.7 Å². The molecule has 0 spiro atoms. The molecule has 20 heavy (non-hydrogen) atoms. The summed E-state index contributed by atoms with van der Waals surface area (Å²) in [4.78, 5) is 14.9. The predicted molar refractivity (Wildman–Crippen MR) is 74.0 cm³/mol. The fourth-order valence-electron chi connectivity index (χ4n) is 2.11. The number of benzene rings is 2. The van der Waals surface area contributed by atoms with Crippen molar-refractivity contribution >= 4 is 16.9 Å². The van der Waals surface area contributed by atoms with Gasteiger partial charge in [0.05, 0.1) is 6.42 Å². The maximum Gasteiger partial charge on any atom is 0.315 e. The van der Waals surface area contributed by atoms with E-state index in [1.807, 2.05) is 6.07 Å². The molecule has 3 aromatic rings. The Kier molecular flexibility index (Phi) is 3.21. The molecule has 4 heteroatoms. The van der Waals surface area contributed by atoms with Crippen molar-refractivity contribution in [3.8, 4) is 5.75 Å². The van der Waals surface area contributed by atoms with Crippen LogP contribution < -0.4 is 4.74 Å². The number of esters is 1. The van der Waals surface area contributed by atoms with E-state index in [1.165, 1.54) is 12.1 Å². The number of hydrogen-bond acceptors (Lipinski definition) is 2. The number of rotatable bonds is 3. The van der Waals surface area contributed by atoms with Gasteiger partial charge < -0.3 is 9.72 Å². The number of nitrogens with one attached hydrogen (secondary N) is 1. The number of carbonyl (C=O) groups excluding carboxylic acids is 1. The fraction of sp³-hybridized carbons (Fsp3) is 0.0625. The van der Waals surface area contributed by atoms with Gasteiger partial charge in [0.15, 0.2) is 0 Å². The summed E-state index contributed by atoms with van der Waals surface area (Å²) in [5.41, 5.74) is 1.52. The van der Waals surface area contributed by atoms with Gasteiger partial charge in [0, 0.05) is 17.1 Å². The normalized spacial score (nSPS) is 10.7. The van der Waals surface area contributed by atoms with Gasteiger partial charge in [0.1, 0.15) is 11.6 Å². The van der Waals surface area contributed by atoms with E-state index in [2.05, 4.69) is 4.98 Å². The van der Waals surface area contributed by atoms with Crippen LogP contribution in [0.1, 0.15) is 5.56 Å². The van der Waals surface area contributed by atoms with Crippen LogP contribution in [0.2, 0.25) is 0 Å². The molecule has 0 aliphatic rings. The molecular formula is C16H12FNO2. The lowest BCUT2D eigenvalue weighted by Gasteiger charge is -2.03. The van der Waals surface area contributed by atoms with Gasteiger partial charge in [-0.25, -0.2) is 4.39 Å². The topological polar surface area (TPSA) is 42.1 Å². The molecule has 1 N–H and O–H groups in total. The van der Waals surface area contributed by atoms with Crippen molar-refractivity contribution in [2.75, 3.05) is 0 Å². The summed E-state index contributed by atoms with van der Waals surface area (Å²) in [5, 5.41) is 0.704. The van der Waals surface area contributed by atoms with Crippen molar-refractivity contribution in [1.82, 2.24) is 4.98 Å². The third kappa shape index (κ3) is 2.54. The molecule has 0 saturated carbocycles. The Bertz CT molecular complexity index is 750. The van der Waals surface area contributed by atoms with Crippen LogP contribution in [-0.4, -0.2) is 11.0 Å². The molecule has 0 unspecified atom stereocenters. The molecular weight excluding hydrogens is 257 g/mol. The summed E-state index contributed by atoms with van der Waals surface area (Å²) < 4.78 is 18.5. The Morgan fingerprint density at radius 2 is 1.95 bits per heavy atom. The van der Waals surface area contributed by atoms with Gasteiger partial charge in [-0.2, -0.15) is 0 Å². The minimum atomic E-state index is -0.374. The summed E-state index contributed by atoms with van der Waals surface area (Å²) in [6.45, 7) is 0. The summed E-state index contributed by atoms with van der Waals surface area (Å²) in [5.74, 6) is -0.195. The molecule has 100 valence electrons. The van der Waals surface area contributed by atoms with Gasteiger partial charge >= 0.3 is 5.97 Å². The smallest absolute Gasteiger partial charge is 0.315 e. The summed E-state index contributed by atoms with van der Waals surface area (Å²) in [6.07, 6.45) is 1.80. The Hall–Kier alpha value is -2.62. The molecule has 1 heterocycles. The zero-order valence-corrected chi connectivity index (χ0v) is 10.6. The lowest BCUT2D eigenvalue weighted by atomic mass is 10.1. The van der Waals surface area contributed by atoms with Gasteiger partial charge in [-0.3, -0.25) is 4.79 Å². The van der Waals surface area contributed by atoms with Crippen LogP contribution >= 0.6 is 0 Å². The van der Waals surface area contributed by atoms with Gasteiger partial charge in [-0.05, 0) is 35.9 Å². The monoisotopic (exact) mass is 269 g/mol. The van der Waals surface area contributed by atoms with E-state index >= 15 is 0 Å². The Balaban J connectivity index is 1.79. The highest BCUT2D eigenvalue weighted by Crippen LogP contribution is 2.20. The van der Waals surface area contributed by atoms with E-state index in [4.69, 9.17) is 4.74 Å². The molecule has 0 aliphatic heterocycles. The minimum Gasteiger partial charge on any atom is -0.426 e. The van der Waals surface area contributed by atoms with Crippen molar-refractivity contribution in [1.29, 1.82) is 0 Å². The zero-order chi connectivity index (χ0) is 13.9. The van der Waals surface area contributed by atoms with Crippen molar-refractivity contribution in [3.63, 3.8) is 0 Å². The molecule has 0 saturated heterocycles. The van der Waals surface area contributed by atoms with Crippen molar-refractivity contribution in [2.45, 2.75) is 6.42 Å². The third-order valence-electron chi connectivity index (χ3n) is 3.04. The van der Waals surface area contributed by atoms with Crippen LogP contribution in [0.5, 0.6) is 5.75 Å². The van der Waals surface area contributed by atoms with Gasteiger partial charge in [0.2, 0.25) is 0 Å². The molecule has 3 nitrogen and oxygen atoms in total. The molecule has 0 atom stereocenters. The molecule has 0 bridgehead atoms. The standard InChI is InChI=1S/C16H12FNO2/c17-12-6-7-15-14(9-12)11(10-18-15)8-16(19)20-13-4-2-1-3-5-13/h1-7,9-10,18H,8H2. The van der Waals surface area contributed by atoms with E-state index in [0.717, 1.165) is 11.1 Å². The average molecular weight is 269 g/mol. The number of aromatic nitrogens is 1. The van der Waals surface area contributed by atoms with Crippen molar-refractivity contribution in [2.24, 2.45) is 0 Å². The van der Waals surface area contributed by atoms with E-state index in [-0.39, 0.29) is 18.2 Å². The molecule has 0 amide bonds. The minimum absolute atomic E-state index is 0.0956. The second kappa shape index (κ2) is 5.17. The molecule has 2 aromatic carbocycles. The van der Waals surface area contributed by atoms with Crippen molar-refractivity contribution < 1.29 is 13.9 Å². The molecule has 0 fully saturated rings.